The van der Waals surface area contributed by atoms with Crippen LogP contribution in [-0.4, -0.2) is 22.3 Å². The molecule has 3 rings (SSSR count). The summed E-state index contributed by atoms with van der Waals surface area (Å²) >= 11 is 0. The molecular weight excluding hydrogens is 280 g/mol. The lowest BCUT2D eigenvalue weighted by Gasteiger charge is -2.01. The molecule has 0 saturated heterocycles. The van der Waals surface area contributed by atoms with Crippen LogP contribution in [0.2, 0.25) is 0 Å². The molecule has 0 atom stereocenters. The molecule has 6 heteroatoms. The van der Waals surface area contributed by atoms with E-state index in [-0.39, 0.29) is 0 Å². The van der Waals surface area contributed by atoms with Crippen LogP contribution in [0.1, 0.15) is 11.6 Å². The number of benzene rings is 1. The highest BCUT2D eigenvalue weighted by Crippen LogP contribution is 2.20. The fourth-order valence-corrected chi connectivity index (χ4v) is 1.98. The third-order valence-corrected chi connectivity index (χ3v) is 3.11. The van der Waals surface area contributed by atoms with Gasteiger partial charge in [0.25, 0.3) is 0 Å². The lowest BCUT2D eigenvalue weighted by atomic mass is 10.2. The van der Waals surface area contributed by atoms with Gasteiger partial charge in [-0.25, -0.2) is 0 Å². The lowest BCUT2D eigenvalue weighted by Crippen LogP contribution is -2.13. The number of rotatable bonds is 6. The molecule has 0 unspecified atom stereocenters. The highest BCUT2D eigenvalue weighted by atomic mass is 16.5. The van der Waals surface area contributed by atoms with Crippen LogP contribution in [0.15, 0.2) is 53.1 Å². The van der Waals surface area contributed by atoms with Crippen molar-refractivity contribution >= 4 is 0 Å². The average Bonchev–Trinajstić information content (AvgIpc) is 3.05. The van der Waals surface area contributed by atoms with Crippen molar-refractivity contribution in [1.29, 1.82) is 0 Å². The number of pyridine rings is 1. The quantitative estimate of drug-likeness (QED) is 0.753. The van der Waals surface area contributed by atoms with Gasteiger partial charge in [-0.3, -0.25) is 4.98 Å². The van der Waals surface area contributed by atoms with Crippen molar-refractivity contribution in [2.24, 2.45) is 0 Å². The van der Waals surface area contributed by atoms with E-state index < -0.39 is 0 Å². The largest absolute Gasteiger partial charge is 0.497 e. The predicted molar refractivity (Wildman–Crippen MR) is 81.1 cm³/mol. The van der Waals surface area contributed by atoms with Gasteiger partial charge in [0.1, 0.15) is 5.75 Å². The molecule has 3 aromatic rings. The first-order valence-electron chi connectivity index (χ1n) is 6.92. The van der Waals surface area contributed by atoms with Crippen molar-refractivity contribution in [3.05, 3.63) is 60.2 Å². The number of methoxy groups -OCH3 is 1. The van der Waals surface area contributed by atoms with Crippen LogP contribution in [0.3, 0.4) is 0 Å². The Kier molecular flexibility index (Phi) is 4.41. The topological polar surface area (TPSA) is 73.1 Å². The molecule has 22 heavy (non-hydrogen) atoms. The number of nitrogens with one attached hydrogen (secondary N) is 1. The molecule has 6 nitrogen and oxygen atoms in total. The first kappa shape index (κ1) is 14.2. The van der Waals surface area contributed by atoms with Crippen LogP contribution in [-0.2, 0) is 13.1 Å². The van der Waals surface area contributed by atoms with Crippen molar-refractivity contribution in [3.8, 4) is 17.2 Å². The molecule has 112 valence electrons. The van der Waals surface area contributed by atoms with E-state index in [1.54, 1.807) is 13.3 Å². The van der Waals surface area contributed by atoms with Crippen molar-refractivity contribution in [3.63, 3.8) is 0 Å². The van der Waals surface area contributed by atoms with E-state index in [0.29, 0.717) is 24.9 Å². The van der Waals surface area contributed by atoms with Crippen molar-refractivity contribution in [2.75, 3.05) is 7.11 Å². The number of ether oxygens (including phenoxy) is 1. The first-order valence-corrected chi connectivity index (χ1v) is 6.92. The Bertz CT molecular complexity index is 711. The zero-order chi connectivity index (χ0) is 15.2. The fourth-order valence-electron chi connectivity index (χ4n) is 1.98. The second kappa shape index (κ2) is 6.82. The number of hydrogen-bond donors (Lipinski definition) is 1. The maximum atomic E-state index is 5.64. The van der Waals surface area contributed by atoms with Crippen LogP contribution in [0.5, 0.6) is 5.75 Å². The van der Waals surface area contributed by atoms with Gasteiger partial charge in [0.15, 0.2) is 0 Å². The standard InChI is InChI=1S/C16H16N4O2/c1-21-14-7-5-12(6-8-14)16-20-19-15(22-16)11-17-10-13-4-2-3-9-18-13/h2-9,17H,10-11H2,1H3. The maximum absolute atomic E-state index is 5.64. The summed E-state index contributed by atoms with van der Waals surface area (Å²) in [6.07, 6.45) is 1.77. The van der Waals surface area contributed by atoms with E-state index in [1.807, 2.05) is 42.5 Å². The van der Waals surface area contributed by atoms with Gasteiger partial charge >= 0.3 is 0 Å². The molecule has 0 spiro atoms. The Morgan fingerprint density at radius 2 is 1.91 bits per heavy atom. The Morgan fingerprint density at radius 3 is 2.64 bits per heavy atom. The van der Waals surface area contributed by atoms with Gasteiger partial charge in [0, 0.05) is 18.3 Å². The van der Waals surface area contributed by atoms with Crippen LogP contribution < -0.4 is 10.1 Å². The van der Waals surface area contributed by atoms with Crippen molar-refractivity contribution < 1.29 is 9.15 Å². The predicted octanol–water partition coefficient (Wildman–Crippen LogP) is 2.43. The Morgan fingerprint density at radius 1 is 1.05 bits per heavy atom. The van der Waals surface area contributed by atoms with Gasteiger partial charge in [-0.1, -0.05) is 6.07 Å². The summed E-state index contributed by atoms with van der Waals surface area (Å²) in [4.78, 5) is 4.24. The number of aromatic nitrogens is 3. The van der Waals surface area contributed by atoms with Crippen molar-refractivity contribution in [1.82, 2.24) is 20.5 Å². The lowest BCUT2D eigenvalue weighted by molar-refractivity contribution is 0.415. The second-order valence-corrected chi connectivity index (χ2v) is 4.65. The second-order valence-electron chi connectivity index (χ2n) is 4.65. The van der Waals surface area contributed by atoms with Crippen LogP contribution in [0.4, 0.5) is 0 Å². The molecule has 0 bridgehead atoms. The summed E-state index contributed by atoms with van der Waals surface area (Å²) in [5, 5.41) is 11.3. The minimum absolute atomic E-state index is 0.497. The van der Waals surface area contributed by atoms with E-state index in [0.717, 1.165) is 17.0 Å². The smallest absolute Gasteiger partial charge is 0.247 e. The summed E-state index contributed by atoms with van der Waals surface area (Å²) in [6.45, 7) is 1.15. The molecule has 0 aliphatic carbocycles. The van der Waals surface area contributed by atoms with Gasteiger partial charge in [0.05, 0.1) is 19.3 Å². The van der Waals surface area contributed by atoms with E-state index in [2.05, 4.69) is 20.5 Å². The van der Waals surface area contributed by atoms with Gasteiger partial charge in [-0.15, -0.1) is 10.2 Å². The van der Waals surface area contributed by atoms with E-state index in [1.165, 1.54) is 0 Å². The first-order chi connectivity index (χ1) is 10.8. The maximum Gasteiger partial charge on any atom is 0.247 e. The molecule has 1 N–H and O–H groups in total. The van der Waals surface area contributed by atoms with Gasteiger partial charge < -0.3 is 14.5 Å². The summed E-state index contributed by atoms with van der Waals surface area (Å²) < 4.78 is 10.8. The molecule has 0 aliphatic rings. The molecule has 1 aromatic carbocycles. The van der Waals surface area contributed by atoms with Crippen LogP contribution >= 0.6 is 0 Å². The molecule has 0 radical (unpaired) electrons. The highest BCUT2D eigenvalue weighted by Gasteiger charge is 2.08. The minimum Gasteiger partial charge on any atom is -0.497 e. The minimum atomic E-state index is 0.497. The monoisotopic (exact) mass is 296 g/mol. The third kappa shape index (κ3) is 3.48. The molecule has 0 fully saturated rings. The summed E-state index contributed by atoms with van der Waals surface area (Å²) in [5.74, 6) is 1.83. The zero-order valence-corrected chi connectivity index (χ0v) is 12.2. The number of hydrogen-bond acceptors (Lipinski definition) is 6. The zero-order valence-electron chi connectivity index (χ0n) is 12.2. The van der Waals surface area contributed by atoms with E-state index in [9.17, 15) is 0 Å². The van der Waals surface area contributed by atoms with E-state index in [4.69, 9.17) is 9.15 Å². The van der Waals surface area contributed by atoms with Crippen LogP contribution in [0, 0.1) is 0 Å². The van der Waals surface area contributed by atoms with Crippen molar-refractivity contribution in [2.45, 2.75) is 13.1 Å². The summed E-state index contributed by atoms with van der Waals surface area (Å²) in [5.41, 5.74) is 1.83. The summed E-state index contributed by atoms with van der Waals surface area (Å²) in [7, 11) is 1.63. The van der Waals surface area contributed by atoms with Gasteiger partial charge in [-0.2, -0.15) is 0 Å². The molecular formula is C16H16N4O2. The van der Waals surface area contributed by atoms with Gasteiger partial charge in [0.2, 0.25) is 11.8 Å². The SMILES string of the molecule is COc1ccc(-c2nnc(CNCc3ccccn3)o2)cc1. The Labute approximate surface area is 128 Å². The molecule has 2 heterocycles. The fraction of sp³-hybridized carbons (Fsp3) is 0.188. The molecule has 2 aromatic heterocycles. The molecule has 0 saturated carbocycles. The van der Waals surface area contributed by atoms with Crippen LogP contribution in [0.25, 0.3) is 11.5 Å². The third-order valence-electron chi connectivity index (χ3n) is 3.11. The highest BCUT2D eigenvalue weighted by molar-refractivity contribution is 5.53. The molecule has 0 amide bonds. The average molecular weight is 296 g/mol. The van der Waals surface area contributed by atoms with E-state index >= 15 is 0 Å². The molecule has 0 aliphatic heterocycles. The number of nitrogens with zero attached hydrogens (tertiary/aromatic N) is 3. The summed E-state index contributed by atoms with van der Waals surface area (Å²) in [6, 6.07) is 13.3. The normalized spacial score (nSPS) is 10.6. The Hall–Kier alpha value is -2.73. The van der Waals surface area contributed by atoms with Gasteiger partial charge in [-0.05, 0) is 36.4 Å². The Balaban J connectivity index is 1.58.